The molecule has 1 unspecified atom stereocenters. The number of anilines is 1. The molecule has 2 atom stereocenters. The molecule has 2 aliphatic rings. The van der Waals surface area contributed by atoms with Gasteiger partial charge in [-0.05, 0) is 17.7 Å². The molecule has 2 amide bonds. The van der Waals surface area contributed by atoms with Gasteiger partial charge in [0.1, 0.15) is 17.1 Å². The average molecular weight is 463 g/mol. The average Bonchev–Trinajstić information content (AvgIpc) is 3.14. The number of thioether (sulfide) groups is 2. The number of aromatic nitrogens is 1. The van der Waals surface area contributed by atoms with Gasteiger partial charge in [0.2, 0.25) is 5.91 Å². The van der Waals surface area contributed by atoms with Crippen molar-refractivity contribution in [1.82, 2.24) is 15.2 Å². The third-order valence-electron chi connectivity index (χ3n) is 4.63. The summed E-state index contributed by atoms with van der Waals surface area (Å²) in [5.41, 5.74) is 6.85. The highest BCUT2D eigenvalue weighted by Crippen LogP contribution is 2.41. The fourth-order valence-electron chi connectivity index (χ4n) is 3.27. The van der Waals surface area contributed by atoms with E-state index in [1.54, 1.807) is 5.38 Å². The Hall–Kier alpha value is -2.50. The van der Waals surface area contributed by atoms with Gasteiger partial charge in [0, 0.05) is 21.8 Å². The van der Waals surface area contributed by atoms with Gasteiger partial charge >= 0.3 is 5.97 Å². The van der Waals surface area contributed by atoms with E-state index in [4.69, 9.17) is 5.73 Å². The molecule has 0 radical (unpaired) electrons. The molecule has 1 aromatic carbocycles. The van der Waals surface area contributed by atoms with Crippen LogP contribution >= 0.6 is 34.9 Å². The fraction of sp³-hybridized carbons (Fsp3) is 0.263. The number of nitrogens with one attached hydrogen (secondary N) is 1. The van der Waals surface area contributed by atoms with Crippen molar-refractivity contribution in [2.24, 2.45) is 0 Å². The van der Waals surface area contributed by atoms with E-state index in [1.165, 1.54) is 39.8 Å². The van der Waals surface area contributed by atoms with Gasteiger partial charge in [-0.15, -0.1) is 34.9 Å². The van der Waals surface area contributed by atoms with E-state index in [0.717, 1.165) is 4.90 Å². The van der Waals surface area contributed by atoms with E-state index in [2.05, 4.69) is 10.3 Å². The summed E-state index contributed by atoms with van der Waals surface area (Å²) in [7, 11) is 0. The maximum Gasteiger partial charge on any atom is 0.352 e. The summed E-state index contributed by atoms with van der Waals surface area (Å²) < 4.78 is 0. The first-order valence-corrected chi connectivity index (χ1v) is 11.9. The summed E-state index contributed by atoms with van der Waals surface area (Å²) >= 11 is 4.24. The maximum absolute atomic E-state index is 12.7. The van der Waals surface area contributed by atoms with Gasteiger partial charge in [-0.2, -0.15) is 0 Å². The Morgan fingerprint density at radius 3 is 2.77 bits per heavy atom. The third-order valence-corrected chi connectivity index (χ3v) is 7.79. The van der Waals surface area contributed by atoms with Crippen LogP contribution in [0.1, 0.15) is 5.69 Å². The van der Waals surface area contributed by atoms with Crippen molar-refractivity contribution in [2.75, 3.05) is 17.2 Å². The lowest BCUT2D eigenvalue weighted by Gasteiger charge is -2.49. The standard InChI is InChI=1S/C19H18N4O4S3/c20-19-21-11(9-30-19)6-13(24)22-14-16(25)23-15(18(26)27)10(8-29-17(14)23)7-28-12-4-2-1-3-5-12/h1-5,9,14,17H,6-8H2,(H2,20,21)(H,22,24)(H,26,27)/t14-,17?/m1/s1. The Kier molecular flexibility index (Phi) is 6.02. The van der Waals surface area contributed by atoms with E-state index >= 15 is 0 Å². The van der Waals surface area contributed by atoms with Gasteiger partial charge < -0.3 is 16.2 Å². The van der Waals surface area contributed by atoms with Gasteiger partial charge in [0.25, 0.3) is 5.91 Å². The predicted molar refractivity (Wildman–Crippen MR) is 117 cm³/mol. The first-order chi connectivity index (χ1) is 14.4. The predicted octanol–water partition coefficient (Wildman–Crippen LogP) is 1.80. The molecule has 11 heteroatoms. The number of nitrogen functional groups attached to an aromatic ring is 1. The van der Waals surface area contributed by atoms with Crippen molar-refractivity contribution in [3.63, 3.8) is 0 Å². The van der Waals surface area contributed by atoms with Gasteiger partial charge in [0.15, 0.2) is 5.13 Å². The number of β-lactam (4-membered cyclic amide) rings is 1. The van der Waals surface area contributed by atoms with Crippen LogP contribution in [-0.4, -0.2) is 55.7 Å². The number of nitrogens with zero attached hydrogens (tertiary/aromatic N) is 2. The van der Waals surface area contributed by atoms with Crippen LogP contribution in [0.2, 0.25) is 0 Å². The second-order valence-electron chi connectivity index (χ2n) is 6.67. The molecular weight excluding hydrogens is 444 g/mol. The SMILES string of the molecule is Nc1nc(CC(=O)N[C@@H]2C(=O)N3C(C(=O)O)=C(CSc4ccccc4)CSC23)cs1. The number of aliphatic carboxylic acids is 1. The number of thiazole rings is 1. The highest BCUT2D eigenvalue weighted by Gasteiger charge is 2.54. The Bertz CT molecular complexity index is 1020. The monoisotopic (exact) mass is 462 g/mol. The molecule has 0 spiro atoms. The lowest BCUT2D eigenvalue weighted by atomic mass is 10.0. The molecule has 30 heavy (non-hydrogen) atoms. The van der Waals surface area contributed by atoms with Crippen molar-refractivity contribution < 1.29 is 19.5 Å². The summed E-state index contributed by atoms with van der Waals surface area (Å²) in [4.78, 5) is 43.2. The molecule has 4 rings (SSSR count). The van der Waals surface area contributed by atoms with Crippen molar-refractivity contribution in [3.05, 3.63) is 52.7 Å². The largest absolute Gasteiger partial charge is 0.477 e. The molecule has 2 aliphatic heterocycles. The minimum Gasteiger partial charge on any atom is -0.477 e. The second-order valence-corrected chi connectivity index (χ2v) is 9.71. The number of benzene rings is 1. The molecule has 156 valence electrons. The highest BCUT2D eigenvalue weighted by molar-refractivity contribution is 8.01. The summed E-state index contributed by atoms with van der Waals surface area (Å²) in [5, 5.41) is 14.1. The van der Waals surface area contributed by atoms with Crippen molar-refractivity contribution in [2.45, 2.75) is 22.7 Å². The first-order valence-electron chi connectivity index (χ1n) is 9.01. The number of hydrogen-bond acceptors (Lipinski definition) is 8. The number of carbonyl (C=O) groups is 3. The minimum atomic E-state index is -1.12. The van der Waals surface area contributed by atoms with Gasteiger partial charge in [0.05, 0.1) is 12.1 Å². The third kappa shape index (κ3) is 4.18. The fourth-order valence-corrected chi connectivity index (χ4v) is 6.24. The number of nitrogens with two attached hydrogens (primary N) is 1. The normalized spacial score (nSPS) is 20.5. The van der Waals surface area contributed by atoms with E-state index < -0.39 is 23.3 Å². The molecule has 4 N–H and O–H groups in total. The number of hydrogen-bond donors (Lipinski definition) is 3. The number of fused-ring (bicyclic) bond motifs is 1. The van der Waals surface area contributed by atoms with Gasteiger partial charge in [-0.25, -0.2) is 9.78 Å². The minimum absolute atomic E-state index is 0.0233. The molecule has 0 aliphatic carbocycles. The van der Waals surface area contributed by atoms with Crippen molar-refractivity contribution >= 4 is 57.8 Å². The van der Waals surface area contributed by atoms with E-state index in [9.17, 15) is 19.5 Å². The summed E-state index contributed by atoms with van der Waals surface area (Å²) in [5.74, 6) is -0.898. The number of rotatable bonds is 7. The van der Waals surface area contributed by atoms with Crippen LogP contribution in [0.4, 0.5) is 5.13 Å². The van der Waals surface area contributed by atoms with Crippen LogP contribution in [0.5, 0.6) is 0 Å². The van der Waals surface area contributed by atoms with E-state index in [1.807, 2.05) is 30.3 Å². The quantitative estimate of drug-likeness (QED) is 0.420. The zero-order valence-corrected chi connectivity index (χ0v) is 18.1. The van der Waals surface area contributed by atoms with E-state index in [0.29, 0.717) is 27.9 Å². The molecule has 3 heterocycles. The maximum atomic E-state index is 12.7. The van der Waals surface area contributed by atoms with Crippen LogP contribution in [0.15, 0.2) is 51.9 Å². The zero-order valence-electron chi connectivity index (χ0n) is 15.6. The van der Waals surface area contributed by atoms with Crippen LogP contribution in [0.25, 0.3) is 0 Å². The topological polar surface area (TPSA) is 126 Å². The van der Waals surface area contributed by atoms with Crippen LogP contribution < -0.4 is 11.1 Å². The Balaban J connectivity index is 1.43. The zero-order chi connectivity index (χ0) is 21.3. The smallest absolute Gasteiger partial charge is 0.352 e. The lowest BCUT2D eigenvalue weighted by molar-refractivity contribution is -0.150. The number of carboxylic acid groups (broad SMARTS) is 1. The number of carbonyl (C=O) groups excluding carboxylic acids is 2. The van der Waals surface area contributed by atoms with Crippen LogP contribution in [0, 0.1) is 0 Å². The van der Waals surface area contributed by atoms with Crippen molar-refractivity contribution in [3.8, 4) is 0 Å². The highest BCUT2D eigenvalue weighted by atomic mass is 32.2. The first kappa shape index (κ1) is 20.8. The summed E-state index contributed by atoms with van der Waals surface area (Å²) in [6.07, 6.45) is 0.0233. The van der Waals surface area contributed by atoms with Gasteiger partial charge in [-0.1, -0.05) is 18.2 Å². The molecule has 0 bridgehead atoms. The molecule has 1 fully saturated rings. The molecule has 1 saturated heterocycles. The Labute approximate surface area is 184 Å². The molecule has 8 nitrogen and oxygen atoms in total. The van der Waals surface area contributed by atoms with Crippen molar-refractivity contribution in [1.29, 1.82) is 0 Å². The Morgan fingerprint density at radius 2 is 2.10 bits per heavy atom. The van der Waals surface area contributed by atoms with Gasteiger partial charge in [-0.3, -0.25) is 14.5 Å². The lowest BCUT2D eigenvalue weighted by Crippen LogP contribution is -2.70. The Morgan fingerprint density at radius 1 is 1.33 bits per heavy atom. The molecule has 1 aromatic heterocycles. The summed E-state index contributed by atoms with van der Waals surface area (Å²) in [6, 6.07) is 8.95. The van der Waals surface area contributed by atoms with Crippen LogP contribution in [0.3, 0.4) is 0 Å². The van der Waals surface area contributed by atoms with E-state index in [-0.39, 0.29) is 18.0 Å². The number of carboxylic acids is 1. The molecular formula is C19H18N4O4S3. The molecule has 2 aromatic rings. The van der Waals surface area contributed by atoms with Crippen LogP contribution in [-0.2, 0) is 20.8 Å². The molecule has 0 saturated carbocycles. The number of amides is 2. The summed E-state index contributed by atoms with van der Waals surface area (Å²) in [6.45, 7) is 0. The second kappa shape index (κ2) is 8.70.